The second-order valence-corrected chi connectivity index (χ2v) is 14.7. The van der Waals surface area contributed by atoms with Gasteiger partial charge in [-0.25, -0.2) is 14.8 Å². The standard InChI is InChI=1S/C35H44Cl2N11O/c1-20(2)46-18-29(22(5)44-46)40-31-14-27(25(36)16-38-31)42-35(12-9-10-24-11-13-48(7,8)34(49)33(24)35)43-28-15-32(39-17-26(28)37)41-30-19-47(21(3)4)45-23(30)6/h9-10,12,14-21,33H,11,13H2,1-8H3,(H2,38,40,42)(H2,39,41,43)/q+1. The summed E-state index contributed by atoms with van der Waals surface area (Å²) in [7, 11) is 3.90. The molecule has 1 fully saturated rings. The van der Waals surface area contributed by atoms with Crippen LogP contribution in [0.1, 0.15) is 57.6 Å². The Morgan fingerprint density at radius 1 is 0.837 bits per heavy atom. The third-order valence-electron chi connectivity index (χ3n) is 9.11. The van der Waals surface area contributed by atoms with Gasteiger partial charge in [-0.15, -0.1) is 0 Å². The van der Waals surface area contributed by atoms with E-state index in [2.05, 4.69) is 69.1 Å². The molecule has 49 heavy (non-hydrogen) atoms. The Labute approximate surface area is 297 Å². The van der Waals surface area contributed by atoms with Gasteiger partial charge < -0.3 is 21.3 Å². The number of halogens is 2. The molecular weight excluding hydrogens is 661 g/mol. The first kappa shape index (κ1) is 34.5. The predicted molar refractivity (Wildman–Crippen MR) is 197 cm³/mol. The number of aryl methyl sites for hydroxylation is 2. The van der Waals surface area contributed by atoms with Crippen LogP contribution >= 0.6 is 23.2 Å². The fraction of sp³-hybridized carbons (Fsp3) is 0.400. The molecule has 4 N–H and O–H groups in total. The van der Waals surface area contributed by atoms with Crippen molar-refractivity contribution in [3.63, 3.8) is 0 Å². The molecule has 4 aromatic rings. The van der Waals surface area contributed by atoms with E-state index in [1.807, 2.05) is 80.1 Å². The Morgan fingerprint density at radius 2 is 1.33 bits per heavy atom. The predicted octanol–water partition coefficient (Wildman–Crippen LogP) is 7.78. The summed E-state index contributed by atoms with van der Waals surface area (Å²) in [5.41, 5.74) is 4.39. The zero-order valence-corrected chi connectivity index (χ0v) is 30.6. The van der Waals surface area contributed by atoms with Crippen LogP contribution in [0, 0.1) is 19.8 Å². The van der Waals surface area contributed by atoms with Crippen LogP contribution in [0.3, 0.4) is 0 Å². The lowest BCUT2D eigenvalue weighted by atomic mass is 9.76. The van der Waals surface area contributed by atoms with Crippen molar-refractivity contribution in [1.29, 1.82) is 0 Å². The maximum atomic E-state index is 14.3. The average Bonchev–Trinajstić information content (AvgIpc) is 3.60. The molecule has 2 aliphatic rings. The topological polar surface area (TPSA) is 127 Å². The fourth-order valence-electron chi connectivity index (χ4n) is 6.18. The number of rotatable bonds is 10. The monoisotopic (exact) mass is 704 g/mol. The Hall–Kier alpha value is -4.39. The fourth-order valence-corrected chi connectivity index (χ4v) is 6.48. The van der Waals surface area contributed by atoms with E-state index in [9.17, 15) is 4.79 Å². The molecule has 5 heterocycles. The lowest BCUT2D eigenvalue weighted by molar-refractivity contribution is -0.818. The minimum Gasteiger partial charge on any atom is -0.357 e. The number of carbonyl (C=O) groups is 1. The van der Waals surface area contributed by atoms with E-state index in [1.54, 1.807) is 12.4 Å². The summed E-state index contributed by atoms with van der Waals surface area (Å²) in [4.78, 5) is 23.4. The number of nitrogens with zero attached hydrogens (tertiary/aromatic N) is 7. The normalized spacial score (nSPS) is 18.0. The van der Waals surface area contributed by atoms with Crippen LogP contribution in [-0.2, 0) is 4.79 Å². The smallest absolute Gasteiger partial charge is 0.325 e. The van der Waals surface area contributed by atoms with Gasteiger partial charge in [-0.1, -0.05) is 35.4 Å². The number of allylic oxidation sites excluding steroid dienone is 2. The maximum absolute atomic E-state index is 14.3. The van der Waals surface area contributed by atoms with Gasteiger partial charge in [-0.3, -0.25) is 13.8 Å². The lowest BCUT2D eigenvalue weighted by Crippen LogP contribution is -2.64. The van der Waals surface area contributed by atoms with Crippen molar-refractivity contribution in [3.05, 3.63) is 82.2 Å². The Kier molecular flexibility index (Phi) is 9.25. The summed E-state index contributed by atoms with van der Waals surface area (Å²) in [6, 6.07) is 4.11. The molecule has 14 heteroatoms. The number of hydrogen-bond acceptors (Lipinski definition) is 9. The Morgan fingerprint density at radius 3 is 1.78 bits per heavy atom. The number of likely N-dealkylation sites (tertiary alicyclic amines) is 1. The van der Waals surface area contributed by atoms with Crippen LogP contribution in [0.2, 0.25) is 10.0 Å². The van der Waals surface area contributed by atoms with Crippen molar-refractivity contribution in [1.82, 2.24) is 29.5 Å². The number of carbonyl (C=O) groups excluding carboxylic acids is 1. The molecule has 0 saturated carbocycles. The van der Waals surface area contributed by atoms with Crippen LogP contribution in [0.25, 0.3) is 0 Å². The van der Waals surface area contributed by atoms with Crippen molar-refractivity contribution in [2.45, 2.75) is 65.7 Å². The number of quaternary nitrogens is 1. The van der Waals surface area contributed by atoms with Crippen molar-refractivity contribution in [2.75, 3.05) is 41.9 Å². The molecule has 0 spiro atoms. The van der Waals surface area contributed by atoms with Gasteiger partial charge in [-0.2, -0.15) is 10.2 Å². The number of hydrogen-bond donors (Lipinski definition) is 4. The molecule has 1 saturated heterocycles. The minimum atomic E-state index is -1.15. The van der Waals surface area contributed by atoms with Crippen LogP contribution < -0.4 is 21.3 Å². The maximum Gasteiger partial charge on any atom is 0.325 e. The zero-order valence-electron chi connectivity index (χ0n) is 29.1. The molecule has 0 aromatic carbocycles. The number of aromatic nitrogens is 6. The van der Waals surface area contributed by atoms with Crippen molar-refractivity contribution in [3.8, 4) is 0 Å². The number of fused-ring (bicyclic) bond motifs is 1. The van der Waals surface area contributed by atoms with Gasteiger partial charge in [-0.05, 0) is 53.2 Å². The number of piperidine rings is 1. The molecule has 0 bridgehead atoms. The third kappa shape index (κ3) is 6.90. The number of pyridine rings is 2. The van der Waals surface area contributed by atoms with Gasteiger partial charge in [0, 0.05) is 43.0 Å². The Bertz CT molecular complexity index is 1850. The van der Waals surface area contributed by atoms with E-state index in [0.717, 1.165) is 34.8 Å². The highest BCUT2D eigenvalue weighted by Gasteiger charge is 2.54. The number of amides is 1. The second-order valence-electron chi connectivity index (χ2n) is 13.9. The van der Waals surface area contributed by atoms with E-state index in [4.69, 9.17) is 23.2 Å². The highest BCUT2D eigenvalue weighted by molar-refractivity contribution is 6.33. The molecule has 1 amide bonds. The van der Waals surface area contributed by atoms with E-state index in [1.165, 1.54) is 0 Å². The van der Waals surface area contributed by atoms with E-state index < -0.39 is 11.6 Å². The first-order chi connectivity index (χ1) is 23.2. The Balaban J connectivity index is 1.39. The number of anilines is 6. The quantitative estimate of drug-likeness (QED) is 0.0967. The van der Waals surface area contributed by atoms with Gasteiger partial charge in [0.25, 0.3) is 0 Å². The molecule has 1 aliphatic heterocycles. The molecule has 4 aromatic heterocycles. The molecule has 1 atom stereocenters. The molecular formula is C35H44Cl2N11O+. The molecule has 12 nitrogen and oxygen atoms in total. The van der Waals surface area contributed by atoms with Gasteiger partial charge in [0.1, 0.15) is 23.2 Å². The average molecular weight is 706 g/mol. The van der Waals surface area contributed by atoms with Crippen LogP contribution in [-0.4, -0.2) is 66.2 Å². The summed E-state index contributed by atoms with van der Waals surface area (Å²) in [5, 5.41) is 24.1. The molecule has 6 rings (SSSR count). The highest BCUT2D eigenvalue weighted by atomic mass is 35.5. The van der Waals surface area contributed by atoms with Gasteiger partial charge in [0.2, 0.25) is 0 Å². The first-order valence-electron chi connectivity index (χ1n) is 16.4. The van der Waals surface area contributed by atoms with E-state index in [0.29, 0.717) is 39.6 Å². The molecule has 0 radical (unpaired) electrons. The molecule has 258 valence electrons. The molecule has 1 aliphatic carbocycles. The molecule has 1 unspecified atom stereocenters. The van der Waals surface area contributed by atoms with Gasteiger partial charge in [0.15, 0.2) is 0 Å². The summed E-state index contributed by atoms with van der Waals surface area (Å²) >= 11 is 13.7. The van der Waals surface area contributed by atoms with Crippen molar-refractivity contribution in [2.24, 2.45) is 5.92 Å². The van der Waals surface area contributed by atoms with Crippen LogP contribution in [0.5, 0.6) is 0 Å². The van der Waals surface area contributed by atoms with Gasteiger partial charge in [0.05, 0.1) is 77.2 Å². The number of nitrogens with one attached hydrogen (secondary N) is 4. The minimum absolute atomic E-state index is 0.0577. The van der Waals surface area contributed by atoms with Crippen LogP contribution in [0.15, 0.2) is 60.7 Å². The zero-order chi connectivity index (χ0) is 35.2. The summed E-state index contributed by atoms with van der Waals surface area (Å²) in [5.74, 6) is 0.615. The SMILES string of the molecule is Cc1nn(C(C)C)cc1Nc1cc(NC2(Nc3cc(Nc4cn(C(C)C)nc4C)ncc3Cl)C=CC=C3CC[N+](C)(C)C(=O)C32)c(Cl)cn1. The van der Waals surface area contributed by atoms with Crippen molar-refractivity contribution >= 4 is 63.5 Å². The van der Waals surface area contributed by atoms with E-state index >= 15 is 0 Å². The summed E-state index contributed by atoms with van der Waals surface area (Å²) < 4.78 is 4.04. The second kappa shape index (κ2) is 13.1. The highest BCUT2D eigenvalue weighted by Crippen LogP contribution is 2.43. The van der Waals surface area contributed by atoms with Crippen molar-refractivity contribution < 1.29 is 9.28 Å². The third-order valence-corrected chi connectivity index (χ3v) is 9.71. The van der Waals surface area contributed by atoms with Gasteiger partial charge >= 0.3 is 5.91 Å². The summed E-state index contributed by atoms with van der Waals surface area (Å²) in [6.07, 6.45) is 13.8. The lowest BCUT2D eigenvalue weighted by Gasteiger charge is -2.47. The largest absolute Gasteiger partial charge is 0.357 e. The van der Waals surface area contributed by atoms with Crippen LogP contribution in [0.4, 0.5) is 34.4 Å². The summed E-state index contributed by atoms with van der Waals surface area (Å²) in [6.45, 7) is 12.9. The first-order valence-corrected chi connectivity index (χ1v) is 17.2. The van der Waals surface area contributed by atoms with E-state index in [-0.39, 0.29) is 22.5 Å².